The van der Waals surface area contributed by atoms with Gasteiger partial charge in [0, 0.05) is 0 Å². The zero-order valence-electron chi connectivity index (χ0n) is 10.6. The highest BCUT2D eigenvalue weighted by Crippen LogP contribution is 2.16. The minimum absolute atomic E-state index is 0.188. The van der Waals surface area contributed by atoms with Crippen molar-refractivity contribution in [1.29, 1.82) is 0 Å². The monoisotopic (exact) mass is 256 g/mol. The molecule has 1 aromatic carbocycles. The maximum atomic E-state index is 11.1. The molecule has 0 aliphatic rings. The fourth-order valence-corrected chi connectivity index (χ4v) is 2.44. The van der Waals surface area contributed by atoms with Crippen LogP contribution in [0.3, 0.4) is 0 Å². The Hall–Kier alpha value is -0.870. The average Bonchev–Trinajstić information content (AvgIpc) is 2.24. The molecule has 0 aliphatic heterocycles. The van der Waals surface area contributed by atoms with Crippen LogP contribution in [0.15, 0.2) is 30.3 Å². The van der Waals surface area contributed by atoms with Gasteiger partial charge >= 0.3 is 0 Å². The maximum absolute atomic E-state index is 11.1. The lowest BCUT2D eigenvalue weighted by atomic mass is 9.99. The van der Waals surface area contributed by atoms with Gasteiger partial charge in [-0.15, -0.1) is 0 Å². The Morgan fingerprint density at radius 2 is 1.76 bits per heavy atom. The number of rotatable bonds is 6. The van der Waals surface area contributed by atoms with Crippen molar-refractivity contribution in [2.24, 2.45) is 5.92 Å². The van der Waals surface area contributed by atoms with Gasteiger partial charge in [0.1, 0.15) is 0 Å². The predicted octanol–water partition coefficient (Wildman–Crippen LogP) is 2.62. The lowest BCUT2D eigenvalue weighted by Crippen LogP contribution is -2.23. The zero-order chi connectivity index (χ0) is 12.9. The van der Waals surface area contributed by atoms with Gasteiger partial charge in [-0.2, -0.15) is 8.42 Å². The van der Waals surface area contributed by atoms with Gasteiger partial charge in [-0.1, -0.05) is 44.2 Å². The van der Waals surface area contributed by atoms with Gasteiger partial charge in [-0.3, -0.25) is 4.18 Å². The van der Waals surface area contributed by atoms with E-state index < -0.39 is 10.1 Å². The third-order valence-electron chi connectivity index (χ3n) is 2.60. The van der Waals surface area contributed by atoms with Crippen molar-refractivity contribution in [3.63, 3.8) is 0 Å². The van der Waals surface area contributed by atoms with Crippen LogP contribution in [0.25, 0.3) is 0 Å². The molecular weight excluding hydrogens is 236 g/mol. The summed E-state index contributed by atoms with van der Waals surface area (Å²) in [4.78, 5) is 0. The van der Waals surface area contributed by atoms with Crippen LogP contribution >= 0.6 is 0 Å². The molecule has 1 atom stereocenters. The largest absolute Gasteiger partial charge is 0.267 e. The van der Waals surface area contributed by atoms with Gasteiger partial charge in [0.15, 0.2) is 0 Å². The molecule has 17 heavy (non-hydrogen) atoms. The van der Waals surface area contributed by atoms with Gasteiger partial charge in [0.2, 0.25) is 0 Å². The normalized spacial score (nSPS) is 13.9. The molecule has 0 N–H and O–H groups in total. The number of aryl methyl sites for hydroxylation is 1. The molecule has 0 spiro atoms. The van der Waals surface area contributed by atoms with E-state index in [1.807, 2.05) is 44.2 Å². The van der Waals surface area contributed by atoms with E-state index in [2.05, 4.69) is 0 Å². The molecule has 0 aliphatic carbocycles. The molecule has 96 valence electrons. The molecule has 1 aromatic rings. The van der Waals surface area contributed by atoms with Crippen LogP contribution in [-0.4, -0.2) is 20.8 Å². The van der Waals surface area contributed by atoms with Crippen molar-refractivity contribution >= 4 is 10.1 Å². The highest BCUT2D eigenvalue weighted by Gasteiger charge is 2.19. The van der Waals surface area contributed by atoms with Crippen LogP contribution in [0.4, 0.5) is 0 Å². The third kappa shape index (κ3) is 5.84. The van der Waals surface area contributed by atoms with Gasteiger partial charge in [-0.05, 0) is 24.3 Å². The predicted molar refractivity (Wildman–Crippen MR) is 69.3 cm³/mol. The fraction of sp³-hybridized carbons (Fsp3) is 0.538. The van der Waals surface area contributed by atoms with Crippen LogP contribution in [0.5, 0.6) is 0 Å². The van der Waals surface area contributed by atoms with E-state index in [0.717, 1.165) is 19.1 Å². The first-order valence-electron chi connectivity index (χ1n) is 5.80. The second kappa shape index (κ2) is 6.17. The van der Waals surface area contributed by atoms with Crippen molar-refractivity contribution in [3.8, 4) is 0 Å². The van der Waals surface area contributed by atoms with E-state index in [4.69, 9.17) is 4.18 Å². The molecule has 3 nitrogen and oxygen atoms in total. The highest BCUT2D eigenvalue weighted by molar-refractivity contribution is 7.86. The Kier molecular flexibility index (Phi) is 5.15. The highest BCUT2D eigenvalue weighted by atomic mass is 32.2. The van der Waals surface area contributed by atoms with Gasteiger partial charge in [-0.25, -0.2) is 0 Å². The van der Waals surface area contributed by atoms with E-state index in [1.165, 1.54) is 5.56 Å². The van der Waals surface area contributed by atoms with Gasteiger partial charge in [0.05, 0.1) is 12.4 Å². The zero-order valence-corrected chi connectivity index (χ0v) is 11.4. The minimum Gasteiger partial charge on any atom is -0.267 e. The third-order valence-corrected chi connectivity index (χ3v) is 3.20. The van der Waals surface area contributed by atoms with Crippen molar-refractivity contribution in [2.45, 2.75) is 32.8 Å². The lowest BCUT2D eigenvalue weighted by molar-refractivity contribution is 0.151. The lowest BCUT2D eigenvalue weighted by Gasteiger charge is -2.19. The number of hydrogen-bond acceptors (Lipinski definition) is 3. The molecular formula is C13H20O3S. The summed E-state index contributed by atoms with van der Waals surface area (Å²) in [6, 6.07) is 10.0. The summed E-state index contributed by atoms with van der Waals surface area (Å²) in [5.74, 6) is 0.188. The van der Waals surface area contributed by atoms with Crippen molar-refractivity contribution in [2.75, 3.05) is 6.26 Å². The van der Waals surface area contributed by atoms with E-state index >= 15 is 0 Å². The van der Waals surface area contributed by atoms with Crippen LogP contribution in [0.1, 0.15) is 25.8 Å². The molecule has 0 aromatic heterocycles. The molecule has 0 bridgehead atoms. The molecule has 0 fully saturated rings. The van der Waals surface area contributed by atoms with E-state index in [0.29, 0.717) is 0 Å². The summed E-state index contributed by atoms with van der Waals surface area (Å²) in [6.07, 6.45) is 2.41. The topological polar surface area (TPSA) is 43.4 Å². The number of hydrogen-bond donors (Lipinski definition) is 0. The quantitative estimate of drug-likeness (QED) is 0.735. The molecule has 0 saturated heterocycles. The summed E-state index contributed by atoms with van der Waals surface area (Å²) < 4.78 is 27.4. The summed E-state index contributed by atoms with van der Waals surface area (Å²) in [5.41, 5.74) is 1.20. The fourth-order valence-electron chi connectivity index (χ4n) is 1.67. The molecule has 4 heteroatoms. The SMILES string of the molecule is CC(C)[C@H](CCc1ccccc1)OS(C)(=O)=O. The molecule has 0 amide bonds. The van der Waals surface area contributed by atoms with Crippen molar-refractivity contribution in [1.82, 2.24) is 0 Å². The Labute approximate surface area is 104 Å². The molecule has 0 saturated carbocycles. The minimum atomic E-state index is -3.37. The Balaban J connectivity index is 2.57. The van der Waals surface area contributed by atoms with E-state index in [9.17, 15) is 8.42 Å². The molecule has 0 heterocycles. The first-order valence-corrected chi connectivity index (χ1v) is 7.62. The second-order valence-electron chi connectivity index (χ2n) is 4.61. The summed E-state index contributed by atoms with van der Waals surface area (Å²) >= 11 is 0. The van der Waals surface area contributed by atoms with Crippen LogP contribution in [0.2, 0.25) is 0 Å². The molecule has 0 unspecified atom stereocenters. The first kappa shape index (κ1) is 14.2. The van der Waals surface area contributed by atoms with E-state index in [1.54, 1.807) is 0 Å². The van der Waals surface area contributed by atoms with Gasteiger partial charge < -0.3 is 0 Å². The van der Waals surface area contributed by atoms with Crippen LogP contribution in [0, 0.1) is 5.92 Å². The Morgan fingerprint density at radius 3 is 2.24 bits per heavy atom. The Morgan fingerprint density at radius 1 is 1.18 bits per heavy atom. The van der Waals surface area contributed by atoms with E-state index in [-0.39, 0.29) is 12.0 Å². The van der Waals surface area contributed by atoms with Crippen LogP contribution in [-0.2, 0) is 20.7 Å². The maximum Gasteiger partial charge on any atom is 0.264 e. The Bertz CT molecular complexity index is 423. The molecule has 1 rings (SSSR count). The average molecular weight is 256 g/mol. The van der Waals surface area contributed by atoms with Crippen LogP contribution < -0.4 is 0 Å². The van der Waals surface area contributed by atoms with Gasteiger partial charge in [0.25, 0.3) is 10.1 Å². The summed E-state index contributed by atoms with van der Waals surface area (Å²) in [6.45, 7) is 3.95. The summed E-state index contributed by atoms with van der Waals surface area (Å²) in [7, 11) is -3.37. The first-order chi connectivity index (χ1) is 7.88. The molecule has 0 radical (unpaired) electrons. The van der Waals surface area contributed by atoms with Crippen molar-refractivity contribution < 1.29 is 12.6 Å². The number of benzene rings is 1. The smallest absolute Gasteiger partial charge is 0.264 e. The van der Waals surface area contributed by atoms with Crippen molar-refractivity contribution in [3.05, 3.63) is 35.9 Å². The standard InChI is InChI=1S/C13H20O3S/c1-11(2)13(16-17(3,14)15)10-9-12-7-5-4-6-8-12/h4-8,11,13H,9-10H2,1-3H3/t13-/m0/s1. The second-order valence-corrected chi connectivity index (χ2v) is 6.21. The summed E-state index contributed by atoms with van der Waals surface area (Å²) in [5, 5.41) is 0.